The molecule has 0 radical (unpaired) electrons. The van der Waals surface area contributed by atoms with Crippen molar-refractivity contribution in [2.24, 2.45) is 0 Å². The zero-order valence-corrected chi connectivity index (χ0v) is 13.0. The minimum atomic E-state index is 0.175. The molecule has 3 rings (SSSR count). The molecular formula is C18H18N2S. The number of nitrogens with zero attached hydrogens (tertiary/aromatic N) is 1. The lowest BCUT2D eigenvalue weighted by Crippen LogP contribution is -2.17. The molecule has 0 aliphatic carbocycles. The molecule has 0 aliphatic heterocycles. The first kappa shape index (κ1) is 14.1. The quantitative estimate of drug-likeness (QED) is 0.728. The number of nitrogens with one attached hydrogen (secondary N) is 1. The van der Waals surface area contributed by atoms with Crippen LogP contribution in [-0.2, 0) is 0 Å². The monoisotopic (exact) mass is 294 g/mol. The van der Waals surface area contributed by atoms with Gasteiger partial charge in [0.25, 0.3) is 0 Å². The Morgan fingerprint density at radius 3 is 2.57 bits per heavy atom. The highest BCUT2D eigenvalue weighted by molar-refractivity contribution is 7.98. The molecule has 0 aliphatic rings. The third-order valence-electron chi connectivity index (χ3n) is 3.77. The first-order valence-corrected chi connectivity index (χ1v) is 8.20. The van der Waals surface area contributed by atoms with E-state index in [1.165, 1.54) is 26.8 Å². The van der Waals surface area contributed by atoms with Gasteiger partial charge in [0.15, 0.2) is 0 Å². The highest BCUT2D eigenvalue weighted by Gasteiger charge is 2.14. The molecule has 3 heteroatoms. The maximum absolute atomic E-state index is 4.28. The summed E-state index contributed by atoms with van der Waals surface area (Å²) in [5.74, 6) is 0. The Balaban J connectivity index is 2.09. The van der Waals surface area contributed by atoms with Gasteiger partial charge in [-0.15, -0.1) is 11.8 Å². The lowest BCUT2D eigenvalue weighted by molar-refractivity contribution is 0.696. The van der Waals surface area contributed by atoms with Gasteiger partial charge in [-0.1, -0.05) is 30.3 Å². The summed E-state index contributed by atoms with van der Waals surface area (Å²) in [5.41, 5.74) is 2.53. The van der Waals surface area contributed by atoms with Gasteiger partial charge in [-0.2, -0.15) is 0 Å². The fourth-order valence-electron chi connectivity index (χ4n) is 2.69. The second-order valence-corrected chi connectivity index (χ2v) is 5.82. The molecule has 0 fully saturated rings. The van der Waals surface area contributed by atoms with Crippen LogP contribution in [0, 0.1) is 0 Å². The standard InChI is InChI=1S/C18H18N2S/c1-19-18(14-6-8-15(21-2)9-7-14)16-5-3-4-13-10-11-20-12-17(13)16/h3-12,18-19H,1-2H3. The molecule has 21 heavy (non-hydrogen) atoms. The molecule has 0 bridgehead atoms. The van der Waals surface area contributed by atoms with E-state index in [9.17, 15) is 0 Å². The summed E-state index contributed by atoms with van der Waals surface area (Å²) >= 11 is 1.76. The Bertz CT molecular complexity index is 732. The number of aromatic nitrogens is 1. The first-order valence-electron chi connectivity index (χ1n) is 6.97. The lowest BCUT2D eigenvalue weighted by atomic mass is 9.95. The second kappa shape index (κ2) is 6.29. The van der Waals surface area contributed by atoms with E-state index in [0.717, 1.165) is 0 Å². The fourth-order valence-corrected chi connectivity index (χ4v) is 3.10. The van der Waals surface area contributed by atoms with Crippen LogP contribution in [0.2, 0.25) is 0 Å². The van der Waals surface area contributed by atoms with Gasteiger partial charge in [0.2, 0.25) is 0 Å². The van der Waals surface area contributed by atoms with Crippen LogP contribution in [-0.4, -0.2) is 18.3 Å². The molecule has 0 amide bonds. The van der Waals surface area contributed by atoms with E-state index >= 15 is 0 Å². The van der Waals surface area contributed by atoms with E-state index in [4.69, 9.17) is 0 Å². The smallest absolute Gasteiger partial charge is 0.0580 e. The van der Waals surface area contributed by atoms with Gasteiger partial charge in [0, 0.05) is 22.7 Å². The topological polar surface area (TPSA) is 24.9 Å². The van der Waals surface area contributed by atoms with E-state index < -0.39 is 0 Å². The van der Waals surface area contributed by atoms with Crippen LogP contribution in [0.15, 0.2) is 65.8 Å². The Morgan fingerprint density at radius 2 is 1.86 bits per heavy atom. The zero-order valence-electron chi connectivity index (χ0n) is 12.2. The van der Waals surface area contributed by atoms with Gasteiger partial charge in [0.1, 0.15) is 0 Å². The molecule has 1 unspecified atom stereocenters. The van der Waals surface area contributed by atoms with Crippen molar-refractivity contribution in [2.75, 3.05) is 13.3 Å². The van der Waals surface area contributed by atoms with Crippen LogP contribution in [0.5, 0.6) is 0 Å². The molecule has 3 aromatic rings. The van der Waals surface area contributed by atoms with Crippen molar-refractivity contribution in [2.45, 2.75) is 10.9 Å². The van der Waals surface area contributed by atoms with Crippen molar-refractivity contribution in [3.63, 3.8) is 0 Å². The predicted molar refractivity (Wildman–Crippen MR) is 90.9 cm³/mol. The number of hydrogen-bond acceptors (Lipinski definition) is 3. The molecule has 0 saturated heterocycles. The van der Waals surface area contributed by atoms with Gasteiger partial charge in [-0.05, 0) is 48.0 Å². The Hall–Kier alpha value is -1.84. The maximum Gasteiger partial charge on any atom is 0.0580 e. The third kappa shape index (κ3) is 2.80. The Kier molecular flexibility index (Phi) is 4.23. The van der Waals surface area contributed by atoms with Gasteiger partial charge >= 0.3 is 0 Å². The summed E-state index contributed by atoms with van der Waals surface area (Å²) in [7, 11) is 2.00. The predicted octanol–water partition coefficient (Wildman–Crippen LogP) is 4.27. The van der Waals surface area contributed by atoms with Gasteiger partial charge in [-0.3, -0.25) is 4.98 Å². The van der Waals surface area contributed by atoms with Crippen molar-refractivity contribution in [1.29, 1.82) is 0 Å². The van der Waals surface area contributed by atoms with Crippen LogP contribution in [0.3, 0.4) is 0 Å². The van der Waals surface area contributed by atoms with Crippen LogP contribution in [0.1, 0.15) is 17.2 Å². The van der Waals surface area contributed by atoms with E-state index in [0.29, 0.717) is 0 Å². The molecule has 106 valence electrons. The van der Waals surface area contributed by atoms with Crippen LogP contribution in [0.25, 0.3) is 10.8 Å². The van der Waals surface area contributed by atoms with Crippen molar-refractivity contribution in [3.05, 3.63) is 72.1 Å². The van der Waals surface area contributed by atoms with Crippen molar-refractivity contribution >= 4 is 22.5 Å². The summed E-state index contributed by atoms with van der Waals surface area (Å²) in [5, 5.41) is 5.86. The number of rotatable bonds is 4. The van der Waals surface area contributed by atoms with E-state index in [2.05, 4.69) is 65.1 Å². The van der Waals surface area contributed by atoms with Gasteiger partial charge < -0.3 is 5.32 Å². The van der Waals surface area contributed by atoms with Crippen molar-refractivity contribution in [3.8, 4) is 0 Å². The number of fused-ring (bicyclic) bond motifs is 1. The summed E-state index contributed by atoms with van der Waals surface area (Å²) < 4.78 is 0. The maximum atomic E-state index is 4.28. The average Bonchev–Trinajstić information content (AvgIpc) is 2.56. The Labute approximate surface area is 129 Å². The van der Waals surface area contributed by atoms with Gasteiger partial charge in [-0.25, -0.2) is 0 Å². The summed E-state index contributed by atoms with van der Waals surface area (Å²) in [4.78, 5) is 5.57. The molecule has 1 heterocycles. The van der Waals surface area contributed by atoms with Crippen molar-refractivity contribution in [1.82, 2.24) is 10.3 Å². The highest BCUT2D eigenvalue weighted by atomic mass is 32.2. The van der Waals surface area contributed by atoms with E-state index in [1.807, 2.05) is 19.4 Å². The SMILES string of the molecule is CNC(c1ccc(SC)cc1)c1cccc2ccncc12. The highest BCUT2D eigenvalue weighted by Crippen LogP contribution is 2.29. The van der Waals surface area contributed by atoms with E-state index in [1.54, 1.807) is 11.8 Å². The molecular weight excluding hydrogens is 276 g/mol. The third-order valence-corrected chi connectivity index (χ3v) is 4.51. The largest absolute Gasteiger partial charge is 0.309 e. The summed E-state index contributed by atoms with van der Waals surface area (Å²) in [6.07, 6.45) is 5.89. The number of benzene rings is 2. The molecule has 2 nitrogen and oxygen atoms in total. The average molecular weight is 294 g/mol. The number of thioether (sulfide) groups is 1. The second-order valence-electron chi connectivity index (χ2n) is 4.94. The summed E-state index contributed by atoms with van der Waals surface area (Å²) in [6, 6.07) is 17.4. The zero-order chi connectivity index (χ0) is 14.7. The molecule has 1 atom stereocenters. The molecule has 2 aromatic carbocycles. The first-order chi connectivity index (χ1) is 10.3. The molecule has 1 N–H and O–H groups in total. The minimum absolute atomic E-state index is 0.175. The van der Waals surface area contributed by atoms with Gasteiger partial charge in [0.05, 0.1) is 6.04 Å². The lowest BCUT2D eigenvalue weighted by Gasteiger charge is -2.19. The summed E-state index contributed by atoms with van der Waals surface area (Å²) in [6.45, 7) is 0. The van der Waals surface area contributed by atoms with Crippen LogP contribution >= 0.6 is 11.8 Å². The minimum Gasteiger partial charge on any atom is -0.309 e. The number of hydrogen-bond donors (Lipinski definition) is 1. The molecule has 0 spiro atoms. The fraction of sp³-hybridized carbons (Fsp3) is 0.167. The van der Waals surface area contributed by atoms with Crippen LogP contribution in [0.4, 0.5) is 0 Å². The number of pyridine rings is 1. The van der Waals surface area contributed by atoms with Crippen molar-refractivity contribution < 1.29 is 0 Å². The molecule has 1 aromatic heterocycles. The Morgan fingerprint density at radius 1 is 1.05 bits per heavy atom. The van der Waals surface area contributed by atoms with Crippen LogP contribution < -0.4 is 5.32 Å². The normalized spacial score (nSPS) is 12.5. The van der Waals surface area contributed by atoms with E-state index in [-0.39, 0.29) is 6.04 Å². The molecule has 0 saturated carbocycles.